The van der Waals surface area contributed by atoms with Crippen molar-refractivity contribution in [2.24, 2.45) is 10.9 Å². The molecule has 2 rings (SSSR count). The van der Waals surface area contributed by atoms with E-state index in [4.69, 9.17) is 15.4 Å². The molecule has 6 heteroatoms. The van der Waals surface area contributed by atoms with Crippen LogP contribution < -0.4 is 11.1 Å². The van der Waals surface area contributed by atoms with Gasteiger partial charge in [0.05, 0.1) is 11.8 Å². The number of hydrogen-bond donors (Lipinski definition) is 3. The quantitative estimate of drug-likeness (QED) is 0.339. The number of carbonyl (C=O) groups is 1. The number of nitrogens with one attached hydrogen (secondary N) is 1. The van der Waals surface area contributed by atoms with E-state index in [0.29, 0.717) is 22.6 Å². The van der Waals surface area contributed by atoms with E-state index in [0.717, 1.165) is 0 Å². The zero-order valence-corrected chi connectivity index (χ0v) is 10.3. The summed E-state index contributed by atoms with van der Waals surface area (Å²) in [7, 11) is 0. The summed E-state index contributed by atoms with van der Waals surface area (Å²) in [6.07, 6.45) is 1.46. The number of amides is 1. The Morgan fingerprint density at radius 3 is 2.53 bits per heavy atom. The summed E-state index contributed by atoms with van der Waals surface area (Å²) < 4.78 is 5.07. The van der Waals surface area contributed by atoms with Gasteiger partial charge in [0.1, 0.15) is 5.76 Å². The molecule has 19 heavy (non-hydrogen) atoms. The van der Waals surface area contributed by atoms with Crippen LogP contribution in [0.5, 0.6) is 0 Å². The maximum Gasteiger partial charge on any atom is 0.259 e. The van der Waals surface area contributed by atoms with Crippen molar-refractivity contribution in [2.75, 3.05) is 5.32 Å². The number of benzene rings is 1. The summed E-state index contributed by atoms with van der Waals surface area (Å²) >= 11 is 0. The molecule has 1 aromatic carbocycles. The van der Waals surface area contributed by atoms with Crippen LogP contribution in [0.4, 0.5) is 5.69 Å². The molecule has 0 aliphatic heterocycles. The Morgan fingerprint density at radius 1 is 1.32 bits per heavy atom. The van der Waals surface area contributed by atoms with E-state index in [1.54, 1.807) is 37.3 Å². The predicted molar refractivity (Wildman–Crippen MR) is 70.4 cm³/mol. The molecule has 0 radical (unpaired) electrons. The lowest BCUT2D eigenvalue weighted by molar-refractivity contribution is 0.102. The fourth-order valence-corrected chi connectivity index (χ4v) is 1.60. The molecule has 4 N–H and O–H groups in total. The fraction of sp³-hybridized carbons (Fsp3) is 0.0769. The molecule has 2 aromatic rings. The summed E-state index contributed by atoms with van der Waals surface area (Å²) in [6.45, 7) is 1.72. The Balaban J connectivity index is 2.12. The average Bonchev–Trinajstić information content (AvgIpc) is 2.85. The monoisotopic (exact) mass is 259 g/mol. The van der Waals surface area contributed by atoms with Crippen molar-refractivity contribution < 1.29 is 14.4 Å². The Hall–Kier alpha value is -2.76. The molecule has 1 amide bonds. The van der Waals surface area contributed by atoms with Gasteiger partial charge in [-0.25, -0.2) is 0 Å². The number of oxime groups is 1. The van der Waals surface area contributed by atoms with Gasteiger partial charge in [-0.15, -0.1) is 0 Å². The van der Waals surface area contributed by atoms with Crippen molar-refractivity contribution in [2.45, 2.75) is 6.92 Å². The van der Waals surface area contributed by atoms with Gasteiger partial charge in [-0.2, -0.15) is 0 Å². The molecule has 6 nitrogen and oxygen atoms in total. The predicted octanol–water partition coefficient (Wildman–Crippen LogP) is 1.93. The van der Waals surface area contributed by atoms with Gasteiger partial charge in [0, 0.05) is 11.3 Å². The highest BCUT2D eigenvalue weighted by molar-refractivity contribution is 6.05. The van der Waals surface area contributed by atoms with Crippen LogP contribution in [0.3, 0.4) is 0 Å². The van der Waals surface area contributed by atoms with Crippen molar-refractivity contribution in [1.29, 1.82) is 0 Å². The van der Waals surface area contributed by atoms with Crippen molar-refractivity contribution in [1.82, 2.24) is 0 Å². The first-order valence-electron chi connectivity index (χ1n) is 5.55. The second-order valence-electron chi connectivity index (χ2n) is 3.91. The average molecular weight is 259 g/mol. The van der Waals surface area contributed by atoms with Crippen LogP contribution in [-0.2, 0) is 0 Å². The lowest BCUT2D eigenvalue weighted by atomic mass is 10.2. The second kappa shape index (κ2) is 5.26. The third kappa shape index (κ3) is 2.74. The number of anilines is 1. The van der Waals surface area contributed by atoms with E-state index >= 15 is 0 Å². The van der Waals surface area contributed by atoms with Crippen LogP contribution in [-0.4, -0.2) is 17.0 Å². The van der Waals surface area contributed by atoms with Crippen LogP contribution in [0.2, 0.25) is 0 Å². The number of hydrogen-bond acceptors (Lipinski definition) is 4. The van der Waals surface area contributed by atoms with Gasteiger partial charge < -0.3 is 20.7 Å². The Labute approximate surface area is 109 Å². The fourth-order valence-electron chi connectivity index (χ4n) is 1.60. The third-order valence-corrected chi connectivity index (χ3v) is 2.65. The normalized spacial score (nSPS) is 11.3. The van der Waals surface area contributed by atoms with Gasteiger partial charge >= 0.3 is 0 Å². The van der Waals surface area contributed by atoms with E-state index in [-0.39, 0.29) is 11.7 Å². The number of nitrogens with zero attached hydrogens (tertiary/aromatic N) is 1. The molecule has 0 saturated heterocycles. The number of nitrogens with two attached hydrogens (primary N) is 1. The smallest absolute Gasteiger partial charge is 0.259 e. The van der Waals surface area contributed by atoms with E-state index in [2.05, 4.69) is 10.5 Å². The molecule has 1 heterocycles. The van der Waals surface area contributed by atoms with E-state index < -0.39 is 0 Å². The van der Waals surface area contributed by atoms with Crippen LogP contribution in [0.25, 0.3) is 0 Å². The van der Waals surface area contributed by atoms with E-state index in [1.165, 1.54) is 6.26 Å². The number of amidine groups is 1. The van der Waals surface area contributed by atoms with Gasteiger partial charge in [0.25, 0.3) is 5.91 Å². The van der Waals surface area contributed by atoms with Gasteiger partial charge in [-0.05, 0) is 37.3 Å². The first-order chi connectivity index (χ1) is 9.11. The zero-order chi connectivity index (χ0) is 13.8. The largest absolute Gasteiger partial charge is 0.469 e. The van der Waals surface area contributed by atoms with Crippen LogP contribution >= 0.6 is 0 Å². The highest BCUT2D eigenvalue weighted by atomic mass is 16.4. The Bertz CT molecular complexity index is 614. The maximum atomic E-state index is 11.9. The van der Waals surface area contributed by atoms with Crippen LogP contribution in [0.1, 0.15) is 21.7 Å². The number of furan rings is 1. The zero-order valence-electron chi connectivity index (χ0n) is 10.3. The minimum atomic E-state index is -0.247. The molecule has 1 aromatic heterocycles. The van der Waals surface area contributed by atoms with Crippen molar-refractivity contribution in [3.05, 3.63) is 53.5 Å². The van der Waals surface area contributed by atoms with E-state index in [1.807, 2.05) is 0 Å². The second-order valence-corrected chi connectivity index (χ2v) is 3.91. The topological polar surface area (TPSA) is 101 Å². The molecule has 98 valence electrons. The molecule has 0 aliphatic rings. The molecule has 0 bridgehead atoms. The molecular weight excluding hydrogens is 246 g/mol. The summed E-state index contributed by atoms with van der Waals surface area (Å²) in [6, 6.07) is 8.23. The van der Waals surface area contributed by atoms with Gasteiger partial charge in [0.2, 0.25) is 0 Å². The minimum absolute atomic E-state index is 0.0172. The Morgan fingerprint density at radius 2 is 2.00 bits per heavy atom. The van der Waals surface area contributed by atoms with Gasteiger partial charge in [-0.1, -0.05) is 5.16 Å². The van der Waals surface area contributed by atoms with E-state index in [9.17, 15) is 4.79 Å². The van der Waals surface area contributed by atoms with Crippen LogP contribution in [0.15, 0.2) is 46.2 Å². The first kappa shape index (κ1) is 12.7. The van der Waals surface area contributed by atoms with Gasteiger partial charge in [0.15, 0.2) is 5.84 Å². The third-order valence-electron chi connectivity index (χ3n) is 2.65. The summed E-state index contributed by atoms with van der Waals surface area (Å²) in [5, 5.41) is 14.2. The lowest BCUT2D eigenvalue weighted by Gasteiger charge is -2.05. The highest BCUT2D eigenvalue weighted by Crippen LogP contribution is 2.14. The summed E-state index contributed by atoms with van der Waals surface area (Å²) in [5.74, 6) is 0.331. The van der Waals surface area contributed by atoms with Crippen LogP contribution in [0, 0.1) is 6.92 Å². The number of aryl methyl sites for hydroxylation is 1. The summed E-state index contributed by atoms with van der Waals surface area (Å²) in [5.41, 5.74) is 7.11. The first-order valence-corrected chi connectivity index (χ1v) is 5.55. The van der Waals surface area contributed by atoms with Crippen molar-refractivity contribution >= 4 is 17.4 Å². The molecule has 0 fully saturated rings. The number of carbonyl (C=O) groups excluding carboxylic acids is 1. The molecule has 0 atom stereocenters. The number of rotatable bonds is 3. The molecule has 0 saturated carbocycles. The minimum Gasteiger partial charge on any atom is -0.469 e. The Kier molecular flexibility index (Phi) is 3.51. The lowest BCUT2D eigenvalue weighted by Crippen LogP contribution is -2.14. The highest BCUT2D eigenvalue weighted by Gasteiger charge is 2.11. The molecule has 0 unspecified atom stereocenters. The molecule has 0 spiro atoms. The van der Waals surface area contributed by atoms with Crippen molar-refractivity contribution in [3.63, 3.8) is 0 Å². The molecule has 0 aliphatic carbocycles. The summed E-state index contributed by atoms with van der Waals surface area (Å²) in [4.78, 5) is 11.9. The molecular formula is C13H13N3O3. The van der Waals surface area contributed by atoms with Crippen molar-refractivity contribution in [3.8, 4) is 0 Å². The standard InChI is InChI=1S/C13H13N3O3/c1-8-11(6-7-19-8)13(17)15-10-4-2-9(3-5-10)12(14)16-18/h2-7,18H,1H3,(H2,14,16)(H,15,17). The van der Waals surface area contributed by atoms with Gasteiger partial charge in [-0.3, -0.25) is 4.79 Å². The maximum absolute atomic E-state index is 11.9. The SMILES string of the molecule is Cc1occc1C(=O)Nc1ccc(/C(N)=N/O)cc1.